The number of nitrogens with one attached hydrogen (secondary N) is 1. The number of hydrogen-bond donors (Lipinski definition) is 2. The third kappa shape index (κ3) is 4.64. The molecule has 0 aromatic heterocycles. The first kappa shape index (κ1) is 12.5. The summed E-state index contributed by atoms with van der Waals surface area (Å²) in [5.41, 5.74) is 3.83. The molecule has 1 atom stereocenters. The van der Waals surface area contributed by atoms with Crippen molar-refractivity contribution in [3.63, 3.8) is 0 Å². The maximum absolute atomic E-state index is 5.70. The minimum atomic E-state index is -0.134. The Morgan fingerprint density at radius 2 is 2.33 bits per heavy atom. The van der Waals surface area contributed by atoms with Gasteiger partial charge in [-0.25, -0.2) is 0 Å². The second-order valence-corrected chi connectivity index (χ2v) is 4.81. The van der Waals surface area contributed by atoms with E-state index >= 15 is 0 Å². The number of rotatable bonds is 4. The predicted molar refractivity (Wildman–Crippen MR) is 60.1 cm³/mol. The van der Waals surface area contributed by atoms with Crippen LogP contribution in [0.15, 0.2) is 11.8 Å². The quantitative estimate of drug-likeness (QED) is 0.547. The van der Waals surface area contributed by atoms with Crippen LogP contribution in [-0.2, 0) is 9.47 Å². The molecule has 1 rings (SSSR count). The SMILES string of the molecule is CC(C)(C)OCC(NN)C1=COCCC1. The molecular formula is C11H22N2O2. The Morgan fingerprint density at radius 3 is 2.80 bits per heavy atom. The van der Waals surface area contributed by atoms with Gasteiger partial charge in [0.05, 0.1) is 31.1 Å². The molecule has 4 nitrogen and oxygen atoms in total. The second-order valence-electron chi connectivity index (χ2n) is 4.81. The molecule has 15 heavy (non-hydrogen) atoms. The highest BCUT2D eigenvalue weighted by atomic mass is 16.5. The summed E-state index contributed by atoms with van der Waals surface area (Å²) in [5.74, 6) is 5.51. The molecule has 0 aliphatic carbocycles. The first-order valence-corrected chi connectivity index (χ1v) is 5.43. The van der Waals surface area contributed by atoms with Gasteiger partial charge >= 0.3 is 0 Å². The molecule has 1 heterocycles. The zero-order chi connectivity index (χ0) is 11.3. The summed E-state index contributed by atoms with van der Waals surface area (Å²) in [4.78, 5) is 0. The predicted octanol–water partition coefficient (Wildman–Crippen LogP) is 1.33. The Kier molecular flexibility index (Phi) is 4.57. The third-order valence-electron chi connectivity index (χ3n) is 2.29. The van der Waals surface area contributed by atoms with E-state index in [4.69, 9.17) is 15.3 Å². The summed E-state index contributed by atoms with van der Waals surface area (Å²) in [6.45, 7) is 7.49. The number of hydrogen-bond acceptors (Lipinski definition) is 4. The minimum absolute atomic E-state index is 0.0597. The summed E-state index contributed by atoms with van der Waals surface area (Å²) in [6.07, 6.45) is 3.89. The lowest BCUT2D eigenvalue weighted by Gasteiger charge is -2.26. The van der Waals surface area contributed by atoms with Crippen molar-refractivity contribution in [2.24, 2.45) is 5.84 Å². The van der Waals surface area contributed by atoms with E-state index in [-0.39, 0.29) is 11.6 Å². The molecule has 0 fully saturated rings. The van der Waals surface area contributed by atoms with Gasteiger partial charge in [0.1, 0.15) is 0 Å². The Labute approximate surface area is 91.8 Å². The molecule has 88 valence electrons. The molecule has 0 bridgehead atoms. The lowest BCUT2D eigenvalue weighted by molar-refractivity contribution is -0.0113. The molecule has 0 amide bonds. The van der Waals surface area contributed by atoms with Gasteiger partial charge in [-0.1, -0.05) is 0 Å². The highest BCUT2D eigenvalue weighted by Gasteiger charge is 2.19. The van der Waals surface area contributed by atoms with Crippen LogP contribution in [0.5, 0.6) is 0 Å². The molecule has 3 N–H and O–H groups in total. The average Bonchev–Trinajstić information content (AvgIpc) is 2.19. The molecule has 4 heteroatoms. The summed E-state index contributed by atoms with van der Waals surface area (Å²) in [7, 11) is 0. The van der Waals surface area contributed by atoms with E-state index in [1.165, 1.54) is 5.57 Å². The van der Waals surface area contributed by atoms with E-state index in [1.807, 2.05) is 20.8 Å². The first-order chi connectivity index (χ1) is 7.03. The van der Waals surface area contributed by atoms with Gasteiger partial charge in [0.15, 0.2) is 0 Å². The van der Waals surface area contributed by atoms with Crippen LogP contribution in [0.4, 0.5) is 0 Å². The van der Waals surface area contributed by atoms with Crippen LogP contribution in [0.2, 0.25) is 0 Å². The van der Waals surface area contributed by atoms with Crippen molar-refractivity contribution in [2.75, 3.05) is 13.2 Å². The Bertz CT molecular complexity index is 221. The fourth-order valence-electron chi connectivity index (χ4n) is 1.44. The van der Waals surface area contributed by atoms with Crippen molar-refractivity contribution >= 4 is 0 Å². The Balaban J connectivity index is 2.44. The van der Waals surface area contributed by atoms with Crippen molar-refractivity contribution in [1.29, 1.82) is 0 Å². The van der Waals surface area contributed by atoms with Gasteiger partial charge < -0.3 is 9.47 Å². The summed E-state index contributed by atoms with van der Waals surface area (Å²) in [5, 5.41) is 0. The molecule has 0 aromatic rings. The van der Waals surface area contributed by atoms with Crippen molar-refractivity contribution in [1.82, 2.24) is 5.43 Å². The molecule has 0 saturated carbocycles. The van der Waals surface area contributed by atoms with Gasteiger partial charge in [0.2, 0.25) is 0 Å². The van der Waals surface area contributed by atoms with Crippen LogP contribution >= 0.6 is 0 Å². The maximum Gasteiger partial charge on any atom is 0.0876 e. The summed E-state index contributed by atoms with van der Waals surface area (Å²) < 4.78 is 11.0. The highest BCUT2D eigenvalue weighted by molar-refractivity contribution is 5.09. The Morgan fingerprint density at radius 1 is 1.60 bits per heavy atom. The molecular weight excluding hydrogens is 192 g/mol. The first-order valence-electron chi connectivity index (χ1n) is 5.43. The average molecular weight is 214 g/mol. The molecule has 1 unspecified atom stereocenters. The van der Waals surface area contributed by atoms with Gasteiger partial charge in [-0.05, 0) is 39.2 Å². The monoisotopic (exact) mass is 214 g/mol. The van der Waals surface area contributed by atoms with Gasteiger partial charge in [-0.15, -0.1) is 0 Å². The molecule has 0 radical (unpaired) electrons. The van der Waals surface area contributed by atoms with Crippen LogP contribution in [0.25, 0.3) is 0 Å². The van der Waals surface area contributed by atoms with Crippen LogP contribution in [0.1, 0.15) is 33.6 Å². The van der Waals surface area contributed by atoms with Crippen molar-refractivity contribution in [2.45, 2.75) is 45.3 Å². The van der Waals surface area contributed by atoms with E-state index < -0.39 is 0 Å². The standard InChI is InChI=1S/C11H22N2O2/c1-11(2,3)15-8-10(13-12)9-5-4-6-14-7-9/h7,10,13H,4-6,8,12H2,1-3H3. The lowest BCUT2D eigenvalue weighted by atomic mass is 10.0. The van der Waals surface area contributed by atoms with Crippen LogP contribution in [0.3, 0.4) is 0 Å². The molecule has 0 saturated heterocycles. The Hall–Kier alpha value is -0.580. The van der Waals surface area contributed by atoms with Gasteiger partial charge in [0, 0.05) is 0 Å². The maximum atomic E-state index is 5.70. The van der Waals surface area contributed by atoms with E-state index in [9.17, 15) is 0 Å². The van der Waals surface area contributed by atoms with Crippen molar-refractivity contribution in [3.8, 4) is 0 Å². The number of hydrazine groups is 1. The van der Waals surface area contributed by atoms with Crippen LogP contribution in [-0.4, -0.2) is 24.9 Å². The molecule has 0 spiro atoms. The van der Waals surface area contributed by atoms with Gasteiger partial charge in [-0.3, -0.25) is 11.3 Å². The van der Waals surface area contributed by atoms with Gasteiger partial charge in [-0.2, -0.15) is 0 Å². The lowest BCUT2D eigenvalue weighted by Crippen LogP contribution is -2.42. The highest BCUT2D eigenvalue weighted by Crippen LogP contribution is 2.17. The third-order valence-corrected chi connectivity index (χ3v) is 2.29. The normalized spacial score (nSPS) is 19.3. The van der Waals surface area contributed by atoms with Gasteiger partial charge in [0.25, 0.3) is 0 Å². The van der Waals surface area contributed by atoms with E-state index in [2.05, 4.69) is 5.43 Å². The molecule has 1 aliphatic rings. The zero-order valence-corrected chi connectivity index (χ0v) is 9.88. The fourth-order valence-corrected chi connectivity index (χ4v) is 1.44. The summed E-state index contributed by atoms with van der Waals surface area (Å²) in [6, 6.07) is 0.0597. The van der Waals surface area contributed by atoms with E-state index in [0.29, 0.717) is 6.61 Å². The smallest absolute Gasteiger partial charge is 0.0876 e. The van der Waals surface area contributed by atoms with Crippen LogP contribution < -0.4 is 11.3 Å². The van der Waals surface area contributed by atoms with E-state index in [0.717, 1.165) is 19.4 Å². The largest absolute Gasteiger partial charge is 0.501 e. The van der Waals surface area contributed by atoms with Crippen molar-refractivity contribution in [3.05, 3.63) is 11.8 Å². The van der Waals surface area contributed by atoms with Crippen LogP contribution in [0, 0.1) is 0 Å². The topological polar surface area (TPSA) is 56.5 Å². The fraction of sp³-hybridized carbons (Fsp3) is 0.818. The number of ether oxygens (including phenoxy) is 2. The molecule has 0 aromatic carbocycles. The summed E-state index contributed by atoms with van der Waals surface area (Å²) >= 11 is 0. The second kappa shape index (κ2) is 5.49. The number of nitrogens with two attached hydrogens (primary N) is 1. The molecule has 1 aliphatic heterocycles. The minimum Gasteiger partial charge on any atom is -0.501 e. The zero-order valence-electron chi connectivity index (χ0n) is 9.88. The van der Waals surface area contributed by atoms with Crippen molar-refractivity contribution < 1.29 is 9.47 Å². The van der Waals surface area contributed by atoms with E-state index in [1.54, 1.807) is 6.26 Å².